The summed E-state index contributed by atoms with van der Waals surface area (Å²) in [6.07, 6.45) is 2.54. The first-order valence-electron chi connectivity index (χ1n) is 6.08. The van der Waals surface area contributed by atoms with E-state index in [2.05, 4.69) is 49.9 Å². The molecule has 0 aliphatic carbocycles. The maximum Gasteiger partial charge on any atom is 0.235 e. The molecular weight excluding hydrogens is 379 g/mol. The van der Waals surface area contributed by atoms with Crippen LogP contribution in [0.1, 0.15) is 46.5 Å². The second-order valence-electron chi connectivity index (χ2n) is 5.35. The fraction of sp³-hybridized carbons (Fsp3) is 0.769. The second-order valence-corrected chi connectivity index (χ2v) is 9.48. The summed E-state index contributed by atoms with van der Waals surface area (Å²) in [4.78, 5) is 11.6. The van der Waals surface area contributed by atoms with E-state index in [0.717, 1.165) is 16.4 Å². The summed E-state index contributed by atoms with van der Waals surface area (Å²) < 4.78 is 6.54. The van der Waals surface area contributed by atoms with Crippen LogP contribution in [-0.2, 0) is 9.22 Å². The van der Waals surface area contributed by atoms with Gasteiger partial charge in [-0.1, -0.05) is 27.4 Å². The van der Waals surface area contributed by atoms with Crippen molar-refractivity contribution in [1.29, 1.82) is 0 Å². The molecule has 0 saturated carbocycles. The van der Waals surface area contributed by atoms with Gasteiger partial charge in [-0.15, -0.1) is 11.6 Å². The standard InChI is InChI=1S/C13H22ClIO2Si/c1-10(15)9-11(14)5-6-12(16)7-8-17-18-13(2,3)4/h11H,1,5-9H2,2-4H3. The minimum atomic E-state index is 0.0238. The monoisotopic (exact) mass is 400 g/mol. The minimum absolute atomic E-state index is 0.0238. The lowest BCUT2D eigenvalue weighted by molar-refractivity contribution is -0.119. The minimum Gasteiger partial charge on any atom is -0.416 e. The van der Waals surface area contributed by atoms with Crippen molar-refractivity contribution in [1.82, 2.24) is 0 Å². The van der Waals surface area contributed by atoms with Crippen molar-refractivity contribution in [2.75, 3.05) is 6.61 Å². The molecule has 2 radical (unpaired) electrons. The first-order valence-corrected chi connectivity index (χ1v) is 8.51. The van der Waals surface area contributed by atoms with Crippen LogP contribution in [0.4, 0.5) is 0 Å². The van der Waals surface area contributed by atoms with Gasteiger partial charge in [0.05, 0.1) is 0 Å². The lowest BCUT2D eigenvalue weighted by Crippen LogP contribution is -2.15. The number of ketones is 1. The van der Waals surface area contributed by atoms with Gasteiger partial charge in [0, 0.05) is 24.8 Å². The normalized spacial score (nSPS) is 13.4. The third-order valence-corrected chi connectivity index (χ3v) is 3.81. The Morgan fingerprint density at radius 2 is 2.06 bits per heavy atom. The van der Waals surface area contributed by atoms with E-state index in [9.17, 15) is 4.79 Å². The number of hydrogen-bond donors (Lipinski definition) is 0. The Balaban J connectivity index is 3.57. The van der Waals surface area contributed by atoms with E-state index in [0.29, 0.717) is 29.2 Å². The van der Waals surface area contributed by atoms with Crippen LogP contribution in [0.5, 0.6) is 0 Å². The topological polar surface area (TPSA) is 26.3 Å². The van der Waals surface area contributed by atoms with Gasteiger partial charge in [-0.3, -0.25) is 4.79 Å². The zero-order valence-electron chi connectivity index (χ0n) is 11.4. The number of allylic oxidation sites excluding steroid dienone is 1. The number of carbonyl (C=O) groups excluding carboxylic acids is 1. The third kappa shape index (κ3) is 13.0. The molecule has 0 N–H and O–H groups in total. The number of halogens is 2. The van der Waals surface area contributed by atoms with Crippen LogP contribution in [0.25, 0.3) is 0 Å². The van der Waals surface area contributed by atoms with E-state index in [1.54, 1.807) is 0 Å². The molecule has 0 aliphatic heterocycles. The molecule has 0 aromatic carbocycles. The van der Waals surface area contributed by atoms with Crippen molar-refractivity contribution >= 4 is 49.7 Å². The summed E-state index contributed by atoms with van der Waals surface area (Å²) in [6, 6.07) is 0. The van der Waals surface area contributed by atoms with E-state index in [1.165, 1.54) is 0 Å². The van der Waals surface area contributed by atoms with Gasteiger partial charge >= 0.3 is 0 Å². The van der Waals surface area contributed by atoms with Gasteiger partial charge in [-0.25, -0.2) is 0 Å². The molecule has 0 aromatic rings. The van der Waals surface area contributed by atoms with Gasteiger partial charge in [0.15, 0.2) is 0 Å². The highest BCUT2D eigenvalue weighted by atomic mass is 127. The highest BCUT2D eigenvalue weighted by molar-refractivity contribution is 14.1. The van der Waals surface area contributed by atoms with Crippen LogP contribution in [0.15, 0.2) is 10.2 Å². The Morgan fingerprint density at radius 3 is 2.56 bits per heavy atom. The van der Waals surface area contributed by atoms with Crippen molar-refractivity contribution in [2.45, 2.75) is 56.9 Å². The number of hydrogen-bond acceptors (Lipinski definition) is 2. The average molecular weight is 401 g/mol. The van der Waals surface area contributed by atoms with Crippen molar-refractivity contribution in [3.05, 3.63) is 10.2 Å². The molecule has 0 bridgehead atoms. The van der Waals surface area contributed by atoms with Crippen molar-refractivity contribution in [3.63, 3.8) is 0 Å². The quantitative estimate of drug-likeness (QED) is 0.246. The Bertz CT molecular complexity index is 277. The highest BCUT2D eigenvalue weighted by Gasteiger charge is 2.14. The van der Waals surface area contributed by atoms with Gasteiger partial charge in [-0.05, 0) is 44.1 Å². The molecule has 1 unspecified atom stereocenters. The molecule has 0 amide bonds. The molecule has 0 aliphatic rings. The highest BCUT2D eigenvalue weighted by Crippen LogP contribution is 2.20. The Kier molecular flexibility index (Phi) is 9.82. The summed E-state index contributed by atoms with van der Waals surface area (Å²) in [6.45, 7) is 10.7. The first kappa shape index (κ1) is 18.6. The fourth-order valence-corrected chi connectivity index (χ4v) is 2.94. The molecule has 0 spiro atoms. The molecule has 0 saturated heterocycles. The zero-order valence-corrected chi connectivity index (χ0v) is 15.3. The smallest absolute Gasteiger partial charge is 0.235 e. The molecule has 18 heavy (non-hydrogen) atoms. The van der Waals surface area contributed by atoms with Crippen molar-refractivity contribution < 1.29 is 9.22 Å². The number of Topliss-reactive ketones (excluding diaryl/α,β-unsaturated/α-hetero) is 1. The molecule has 2 nitrogen and oxygen atoms in total. The van der Waals surface area contributed by atoms with Gasteiger partial charge in [-0.2, -0.15) is 0 Å². The average Bonchev–Trinajstić information content (AvgIpc) is 2.19. The van der Waals surface area contributed by atoms with Crippen molar-refractivity contribution in [2.24, 2.45) is 0 Å². The zero-order chi connectivity index (χ0) is 14.2. The van der Waals surface area contributed by atoms with Crippen LogP contribution >= 0.6 is 34.2 Å². The van der Waals surface area contributed by atoms with Crippen molar-refractivity contribution in [3.8, 4) is 0 Å². The molecule has 0 aromatic heterocycles. The third-order valence-electron chi connectivity index (χ3n) is 2.04. The van der Waals surface area contributed by atoms with Gasteiger partial charge in [0.25, 0.3) is 0 Å². The lowest BCUT2D eigenvalue weighted by atomic mass is 10.1. The summed E-state index contributed by atoms with van der Waals surface area (Å²) in [7, 11) is 0.444. The summed E-state index contributed by atoms with van der Waals surface area (Å²) >= 11 is 8.26. The maximum atomic E-state index is 11.6. The van der Waals surface area contributed by atoms with Gasteiger partial charge < -0.3 is 4.43 Å². The lowest BCUT2D eigenvalue weighted by Gasteiger charge is -2.15. The SMILES string of the molecule is C=C(I)CC(Cl)CCC(=O)CCO[Si]C(C)(C)C. The predicted octanol–water partition coefficient (Wildman–Crippen LogP) is 4.53. The molecule has 104 valence electrons. The fourth-order valence-electron chi connectivity index (χ4n) is 1.22. The Morgan fingerprint density at radius 1 is 1.44 bits per heavy atom. The van der Waals surface area contributed by atoms with Gasteiger partial charge in [0.2, 0.25) is 9.76 Å². The molecule has 1 atom stereocenters. The Hall–Kier alpha value is 0.607. The maximum absolute atomic E-state index is 11.6. The van der Waals surface area contributed by atoms with Crippen LogP contribution in [0.2, 0.25) is 5.04 Å². The van der Waals surface area contributed by atoms with E-state index < -0.39 is 0 Å². The molecule has 0 rings (SSSR count). The van der Waals surface area contributed by atoms with Crippen LogP contribution in [0, 0.1) is 0 Å². The van der Waals surface area contributed by atoms with E-state index in [1.807, 2.05) is 0 Å². The van der Waals surface area contributed by atoms with E-state index in [-0.39, 0.29) is 16.2 Å². The Labute approximate surface area is 132 Å². The largest absolute Gasteiger partial charge is 0.416 e. The predicted molar refractivity (Wildman–Crippen MR) is 87.7 cm³/mol. The van der Waals surface area contributed by atoms with Gasteiger partial charge in [0.1, 0.15) is 5.78 Å². The molecule has 0 heterocycles. The van der Waals surface area contributed by atoms with E-state index >= 15 is 0 Å². The molecule has 5 heteroatoms. The first-order chi connectivity index (χ1) is 8.20. The van der Waals surface area contributed by atoms with Crippen LogP contribution in [0.3, 0.4) is 0 Å². The summed E-state index contributed by atoms with van der Waals surface area (Å²) in [5.41, 5.74) is 0. The number of rotatable bonds is 9. The van der Waals surface area contributed by atoms with Crippen LogP contribution < -0.4 is 0 Å². The second kappa shape index (κ2) is 9.50. The number of carbonyl (C=O) groups is 1. The number of alkyl halides is 1. The van der Waals surface area contributed by atoms with Crippen LogP contribution in [-0.4, -0.2) is 27.5 Å². The molecule has 0 fully saturated rings. The van der Waals surface area contributed by atoms with E-state index in [4.69, 9.17) is 16.0 Å². The summed E-state index contributed by atoms with van der Waals surface area (Å²) in [5, 5.41) is 0.209. The molecular formula is C13H22ClIO2Si. The summed E-state index contributed by atoms with van der Waals surface area (Å²) in [5.74, 6) is 0.235.